The fourth-order valence-electron chi connectivity index (χ4n) is 6.94. The Kier molecular flexibility index (Phi) is 4.68. The quantitative estimate of drug-likeness (QED) is 0.328. The van der Waals surface area contributed by atoms with Gasteiger partial charge in [-0.25, -0.2) is 4.79 Å². The van der Waals surface area contributed by atoms with Gasteiger partial charge in [-0.05, 0) is 73.5 Å². The third-order valence-electron chi connectivity index (χ3n) is 8.30. The van der Waals surface area contributed by atoms with Crippen molar-refractivity contribution in [3.63, 3.8) is 0 Å². The summed E-state index contributed by atoms with van der Waals surface area (Å²) >= 11 is 11.3. The van der Waals surface area contributed by atoms with Crippen LogP contribution in [-0.4, -0.2) is 16.9 Å². The van der Waals surface area contributed by atoms with Gasteiger partial charge in [0.25, 0.3) is 0 Å². The minimum absolute atomic E-state index is 0.0521. The minimum Gasteiger partial charge on any atom is -0.460 e. The number of halogens is 2. The van der Waals surface area contributed by atoms with E-state index in [4.69, 9.17) is 27.9 Å². The summed E-state index contributed by atoms with van der Waals surface area (Å²) in [7, 11) is 0. The van der Waals surface area contributed by atoms with Gasteiger partial charge in [-0.1, -0.05) is 55.1 Å². The highest BCUT2D eigenvalue weighted by molar-refractivity contribution is 6.52. The molecule has 0 aliphatic heterocycles. The van der Waals surface area contributed by atoms with Crippen LogP contribution in [0.15, 0.2) is 11.6 Å². The van der Waals surface area contributed by atoms with Crippen molar-refractivity contribution in [1.82, 2.24) is 0 Å². The van der Waals surface area contributed by atoms with Crippen LogP contribution in [0, 0.1) is 28.6 Å². The van der Waals surface area contributed by atoms with Crippen LogP contribution in [0.4, 0.5) is 0 Å². The van der Waals surface area contributed by atoms with E-state index in [0.717, 1.165) is 37.0 Å². The summed E-state index contributed by atoms with van der Waals surface area (Å²) in [5, 5.41) is 0. The average molecular weight is 385 g/mol. The van der Waals surface area contributed by atoms with Gasteiger partial charge in [0.15, 0.2) is 0 Å². The fourth-order valence-corrected chi connectivity index (χ4v) is 7.04. The molecule has 0 bridgehead atoms. The Morgan fingerprint density at radius 3 is 2.72 bits per heavy atom. The Bertz CT molecular complexity index is 586. The molecule has 0 radical (unpaired) electrons. The number of carbonyl (C=O) groups excluding carboxylic acids is 1. The summed E-state index contributed by atoms with van der Waals surface area (Å²) in [5.74, 6) is 2.11. The number of allylic oxidation sites excluding steroid dienone is 1. The molecule has 0 heterocycles. The molecule has 0 unspecified atom stereocenters. The molecule has 25 heavy (non-hydrogen) atoms. The lowest BCUT2D eigenvalue weighted by Crippen LogP contribution is -2.49. The molecule has 0 aromatic rings. The Balaban J connectivity index is 1.52. The smallest absolute Gasteiger partial charge is 0.339 e. The predicted molar refractivity (Wildman–Crippen MR) is 102 cm³/mol. The standard InChI is InChI=1S/C21H30Cl2O2/c1-20-9-3-4-16(20)15-6-5-13-12-14(25-19(24)18(22)23)7-11-21(13,2)17(15)8-10-20/h5,14-18H,3-4,6-12H2,1-2H3/t14-,15-,16-,17-,20-,21-/m0/s1. The van der Waals surface area contributed by atoms with Crippen LogP contribution in [0.1, 0.15) is 71.6 Å². The lowest BCUT2D eigenvalue weighted by atomic mass is 9.48. The molecule has 6 atom stereocenters. The van der Waals surface area contributed by atoms with Gasteiger partial charge in [0, 0.05) is 6.42 Å². The molecule has 0 aromatic carbocycles. The molecule has 0 saturated heterocycles. The van der Waals surface area contributed by atoms with Crippen molar-refractivity contribution >= 4 is 29.2 Å². The minimum atomic E-state index is -1.07. The normalized spacial score (nSPS) is 46.0. The van der Waals surface area contributed by atoms with Gasteiger partial charge in [0.1, 0.15) is 6.10 Å². The molecule has 0 aromatic heterocycles. The van der Waals surface area contributed by atoms with Crippen molar-refractivity contribution in [2.45, 2.75) is 82.6 Å². The molecule has 2 nitrogen and oxygen atoms in total. The van der Waals surface area contributed by atoms with E-state index < -0.39 is 10.8 Å². The first kappa shape index (κ1) is 18.2. The van der Waals surface area contributed by atoms with Crippen LogP contribution in [-0.2, 0) is 9.53 Å². The summed E-state index contributed by atoms with van der Waals surface area (Å²) in [6.07, 6.45) is 13.7. The van der Waals surface area contributed by atoms with Gasteiger partial charge in [-0.3, -0.25) is 0 Å². The van der Waals surface area contributed by atoms with Gasteiger partial charge in [0.05, 0.1) is 0 Å². The zero-order valence-corrected chi connectivity index (χ0v) is 16.9. The Hall–Kier alpha value is -0.210. The van der Waals surface area contributed by atoms with E-state index in [0.29, 0.717) is 10.8 Å². The highest BCUT2D eigenvalue weighted by Gasteiger charge is 2.55. The lowest BCUT2D eigenvalue weighted by molar-refractivity contribution is -0.149. The van der Waals surface area contributed by atoms with Gasteiger partial charge in [-0.15, -0.1) is 0 Å². The van der Waals surface area contributed by atoms with Gasteiger partial charge in [0.2, 0.25) is 4.84 Å². The number of ether oxygens (including phenoxy) is 1. The maximum atomic E-state index is 11.7. The first-order chi connectivity index (χ1) is 11.8. The first-order valence-electron chi connectivity index (χ1n) is 10.0. The van der Waals surface area contributed by atoms with E-state index in [-0.39, 0.29) is 6.10 Å². The summed E-state index contributed by atoms with van der Waals surface area (Å²) in [4.78, 5) is 10.7. The van der Waals surface area contributed by atoms with E-state index in [1.165, 1.54) is 44.1 Å². The second-order valence-corrected chi connectivity index (χ2v) is 10.5. The van der Waals surface area contributed by atoms with Crippen LogP contribution in [0.5, 0.6) is 0 Å². The summed E-state index contributed by atoms with van der Waals surface area (Å²) in [6.45, 7) is 5.03. The lowest BCUT2D eigenvalue weighted by Gasteiger charge is -2.57. The summed E-state index contributed by atoms with van der Waals surface area (Å²) < 4.78 is 5.52. The topological polar surface area (TPSA) is 26.3 Å². The van der Waals surface area contributed by atoms with Crippen LogP contribution in [0.2, 0.25) is 0 Å². The molecular weight excluding hydrogens is 355 g/mol. The van der Waals surface area contributed by atoms with Crippen molar-refractivity contribution in [3.05, 3.63) is 11.6 Å². The molecule has 4 heteroatoms. The molecule has 3 saturated carbocycles. The Labute approximate surface area is 161 Å². The molecule has 0 N–H and O–H groups in total. The Morgan fingerprint density at radius 1 is 1.16 bits per heavy atom. The zero-order valence-electron chi connectivity index (χ0n) is 15.4. The number of hydrogen-bond donors (Lipinski definition) is 0. The van der Waals surface area contributed by atoms with Crippen LogP contribution in [0.25, 0.3) is 0 Å². The second kappa shape index (κ2) is 6.44. The molecule has 0 amide bonds. The Morgan fingerprint density at radius 2 is 1.96 bits per heavy atom. The summed E-state index contributed by atoms with van der Waals surface area (Å²) in [6, 6.07) is 0. The van der Waals surface area contributed by atoms with Gasteiger partial charge < -0.3 is 4.74 Å². The summed E-state index contributed by atoms with van der Waals surface area (Å²) in [5.41, 5.74) is 2.43. The van der Waals surface area contributed by atoms with Crippen molar-refractivity contribution in [3.8, 4) is 0 Å². The first-order valence-corrected chi connectivity index (χ1v) is 10.9. The molecule has 4 rings (SSSR count). The molecule has 4 aliphatic rings. The number of carbonyl (C=O) groups is 1. The molecule has 140 valence electrons. The largest absolute Gasteiger partial charge is 0.460 e. The SMILES string of the molecule is C[C@@]12CCC[C@H]1[C@@H]1CC=C3C[C@@H](OC(=O)C(Cl)Cl)CC[C@]3(C)[C@H]1CC2. The van der Waals surface area contributed by atoms with E-state index in [1.807, 2.05) is 0 Å². The number of fused-ring (bicyclic) bond motifs is 5. The highest BCUT2D eigenvalue weighted by Crippen LogP contribution is 2.64. The van der Waals surface area contributed by atoms with Gasteiger partial charge >= 0.3 is 5.97 Å². The molecule has 4 aliphatic carbocycles. The van der Waals surface area contributed by atoms with Crippen molar-refractivity contribution in [2.24, 2.45) is 28.6 Å². The highest BCUT2D eigenvalue weighted by atomic mass is 35.5. The van der Waals surface area contributed by atoms with Crippen molar-refractivity contribution in [2.75, 3.05) is 0 Å². The third-order valence-corrected chi connectivity index (χ3v) is 8.66. The number of esters is 1. The van der Waals surface area contributed by atoms with Crippen LogP contribution < -0.4 is 0 Å². The zero-order chi connectivity index (χ0) is 17.8. The van der Waals surface area contributed by atoms with E-state index in [9.17, 15) is 4.79 Å². The van der Waals surface area contributed by atoms with E-state index in [2.05, 4.69) is 19.9 Å². The monoisotopic (exact) mass is 384 g/mol. The molecule has 3 fully saturated rings. The number of alkyl halides is 2. The predicted octanol–water partition coefficient (Wildman–Crippen LogP) is 6.05. The van der Waals surface area contributed by atoms with Crippen LogP contribution >= 0.6 is 23.2 Å². The van der Waals surface area contributed by atoms with Gasteiger partial charge in [-0.2, -0.15) is 0 Å². The number of hydrogen-bond acceptors (Lipinski definition) is 2. The fraction of sp³-hybridized carbons (Fsp3) is 0.857. The van der Waals surface area contributed by atoms with E-state index in [1.54, 1.807) is 0 Å². The van der Waals surface area contributed by atoms with Crippen LogP contribution in [0.3, 0.4) is 0 Å². The third kappa shape index (κ3) is 2.96. The van der Waals surface area contributed by atoms with Crippen molar-refractivity contribution in [1.29, 1.82) is 0 Å². The maximum absolute atomic E-state index is 11.7. The second-order valence-electron chi connectivity index (χ2n) is 9.45. The number of rotatable bonds is 2. The maximum Gasteiger partial charge on any atom is 0.339 e. The van der Waals surface area contributed by atoms with Crippen molar-refractivity contribution < 1.29 is 9.53 Å². The van der Waals surface area contributed by atoms with E-state index >= 15 is 0 Å². The molecule has 0 spiro atoms. The average Bonchev–Trinajstić information content (AvgIpc) is 2.96. The molecular formula is C21H30Cl2O2.